The Labute approximate surface area is 117 Å². The van der Waals surface area contributed by atoms with Gasteiger partial charge in [0.2, 0.25) is 5.91 Å². The minimum atomic E-state index is -1.39. The van der Waals surface area contributed by atoms with Gasteiger partial charge in [-0.1, -0.05) is 0 Å². The molecule has 0 spiro atoms. The van der Waals surface area contributed by atoms with E-state index in [4.69, 9.17) is 5.11 Å². The lowest BCUT2D eigenvalue weighted by Gasteiger charge is -2.21. The van der Waals surface area contributed by atoms with Crippen LogP contribution in [0.5, 0.6) is 0 Å². The number of carbonyl (C=O) groups is 3. The standard InChI is InChI=1S/C12H23N3O5/c1-7(16)9(10(18)19)14-11(20)13-6-5-8(17)15-12(2,3)4/h7,9,16H,5-6H2,1-4H3,(H,15,17)(H,18,19)(H2,13,14,20). The summed E-state index contributed by atoms with van der Waals surface area (Å²) in [5.74, 6) is -1.55. The molecule has 8 heteroatoms. The highest BCUT2D eigenvalue weighted by molar-refractivity contribution is 5.83. The van der Waals surface area contributed by atoms with Crippen molar-refractivity contribution in [3.05, 3.63) is 0 Å². The molecule has 3 amide bonds. The van der Waals surface area contributed by atoms with Crippen LogP contribution in [0.3, 0.4) is 0 Å². The summed E-state index contributed by atoms with van der Waals surface area (Å²) in [5, 5.41) is 25.1. The minimum absolute atomic E-state index is 0.0693. The number of carbonyl (C=O) groups excluding carboxylic acids is 2. The van der Waals surface area contributed by atoms with Gasteiger partial charge in [-0.25, -0.2) is 9.59 Å². The number of urea groups is 1. The Bertz CT molecular complexity index is 363. The lowest BCUT2D eigenvalue weighted by atomic mass is 10.1. The van der Waals surface area contributed by atoms with Gasteiger partial charge in [0.1, 0.15) is 0 Å². The number of amides is 3. The van der Waals surface area contributed by atoms with Crippen molar-refractivity contribution in [3.8, 4) is 0 Å². The van der Waals surface area contributed by atoms with Crippen molar-refractivity contribution in [2.24, 2.45) is 0 Å². The number of carboxylic acids is 1. The summed E-state index contributed by atoms with van der Waals surface area (Å²) in [5.41, 5.74) is -0.347. The summed E-state index contributed by atoms with van der Waals surface area (Å²) in [7, 11) is 0. The quantitative estimate of drug-likeness (QED) is 0.447. The highest BCUT2D eigenvalue weighted by Gasteiger charge is 2.24. The van der Waals surface area contributed by atoms with Gasteiger partial charge in [-0.2, -0.15) is 0 Å². The lowest BCUT2D eigenvalue weighted by molar-refractivity contribution is -0.141. The normalized spacial score (nSPS) is 14.1. The topological polar surface area (TPSA) is 128 Å². The van der Waals surface area contributed by atoms with Crippen molar-refractivity contribution < 1.29 is 24.6 Å². The lowest BCUT2D eigenvalue weighted by Crippen LogP contribution is -2.51. The van der Waals surface area contributed by atoms with E-state index in [9.17, 15) is 19.5 Å². The summed E-state index contributed by atoms with van der Waals surface area (Å²) in [6.45, 7) is 6.84. The molecule has 0 aliphatic carbocycles. The van der Waals surface area contributed by atoms with Gasteiger partial charge in [0.05, 0.1) is 6.10 Å². The van der Waals surface area contributed by atoms with E-state index in [1.54, 1.807) is 0 Å². The molecule has 0 rings (SSSR count). The molecule has 0 aromatic carbocycles. The molecule has 2 unspecified atom stereocenters. The maximum absolute atomic E-state index is 11.5. The predicted molar refractivity (Wildman–Crippen MR) is 72.2 cm³/mol. The fourth-order valence-electron chi connectivity index (χ4n) is 1.35. The third-order valence-corrected chi connectivity index (χ3v) is 2.19. The highest BCUT2D eigenvalue weighted by atomic mass is 16.4. The van der Waals surface area contributed by atoms with Crippen LogP contribution in [0, 0.1) is 0 Å². The average Bonchev–Trinajstić information content (AvgIpc) is 2.22. The van der Waals surface area contributed by atoms with Gasteiger partial charge in [-0.05, 0) is 27.7 Å². The first-order chi connectivity index (χ1) is 9.03. The van der Waals surface area contributed by atoms with Gasteiger partial charge in [-0.3, -0.25) is 4.79 Å². The molecule has 0 aliphatic rings. The maximum Gasteiger partial charge on any atom is 0.328 e. The number of aliphatic hydroxyl groups is 1. The zero-order chi connectivity index (χ0) is 15.9. The molecule has 2 atom stereocenters. The van der Waals surface area contributed by atoms with Crippen LogP contribution in [-0.2, 0) is 9.59 Å². The fourth-order valence-corrected chi connectivity index (χ4v) is 1.35. The second-order valence-corrected chi connectivity index (χ2v) is 5.50. The van der Waals surface area contributed by atoms with Crippen LogP contribution in [0.15, 0.2) is 0 Å². The van der Waals surface area contributed by atoms with Gasteiger partial charge >= 0.3 is 12.0 Å². The highest BCUT2D eigenvalue weighted by Crippen LogP contribution is 1.98. The second-order valence-electron chi connectivity index (χ2n) is 5.50. The van der Waals surface area contributed by atoms with E-state index < -0.39 is 24.1 Å². The molecule has 116 valence electrons. The van der Waals surface area contributed by atoms with E-state index >= 15 is 0 Å². The van der Waals surface area contributed by atoms with E-state index in [0.29, 0.717) is 0 Å². The van der Waals surface area contributed by atoms with Gasteiger partial charge < -0.3 is 26.2 Å². The van der Waals surface area contributed by atoms with Crippen molar-refractivity contribution >= 4 is 17.9 Å². The van der Waals surface area contributed by atoms with Crippen LogP contribution >= 0.6 is 0 Å². The summed E-state index contributed by atoms with van der Waals surface area (Å²) in [6, 6.07) is -2.14. The Balaban J connectivity index is 4.06. The summed E-state index contributed by atoms with van der Waals surface area (Å²) in [4.78, 5) is 33.6. The van der Waals surface area contributed by atoms with Gasteiger partial charge in [0, 0.05) is 18.5 Å². The number of hydrogen-bond acceptors (Lipinski definition) is 4. The summed E-state index contributed by atoms with van der Waals surface area (Å²) < 4.78 is 0. The predicted octanol–water partition coefficient (Wildman–Crippen LogP) is -0.576. The van der Waals surface area contributed by atoms with Crippen LogP contribution < -0.4 is 16.0 Å². The van der Waals surface area contributed by atoms with E-state index in [0.717, 1.165) is 0 Å². The Morgan fingerprint density at radius 2 is 1.75 bits per heavy atom. The first-order valence-corrected chi connectivity index (χ1v) is 6.29. The van der Waals surface area contributed by atoms with Crippen molar-refractivity contribution in [2.75, 3.05) is 6.54 Å². The molecular formula is C12H23N3O5. The minimum Gasteiger partial charge on any atom is -0.480 e. The second kappa shape index (κ2) is 7.68. The third kappa shape index (κ3) is 8.30. The Hall–Kier alpha value is -1.83. The van der Waals surface area contributed by atoms with Crippen LogP contribution in [0.1, 0.15) is 34.1 Å². The summed E-state index contributed by atoms with van der Waals surface area (Å²) >= 11 is 0. The third-order valence-electron chi connectivity index (χ3n) is 2.19. The molecule has 5 N–H and O–H groups in total. The first-order valence-electron chi connectivity index (χ1n) is 6.29. The zero-order valence-electron chi connectivity index (χ0n) is 12.2. The molecule has 0 heterocycles. The maximum atomic E-state index is 11.5. The monoisotopic (exact) mass is 289 g/mol. The van der Waals surface area contributed by atoms with Gasteiger partial charge in [0.15, 0.2) is 6.04 Å². The van der Waals surface area contributed by atoms with E-state index in [1.165, 1.54) is 6.92 Å². The number of aliphatic hydroxyl groups excluding tert-OH is 1. The number of carboxylic acid groups (broad SMARTS) is 1. The van der Waals surface area contributed by atoms with E-state index in [-0.39, 0.29) is 24.4 Å². The average molecular weight is 289 g/mol. The molecule has 0 bridgehead atoms. The van der Waals surface area contributed by atoms with Crippen LogP contribution in [0.4, 0.5) is 4.79 Å². The van der Waals surface area contributed by atoms with Crippen molar-refractivity contribution in [1.82, 2.24) is 16.0 Å². The molecule has 8 nitrogen and oxygen atoms in total. The Morgan fingerprint density at radius 3 is 2.15 bits per heavy atom. The molecule has 0 saturated heterocycles. The number of aliphatic carboxylic acids is 1. The Kier molecular flexibility index (Phi) is 6.98. The van der Waals surface area contributed by atoms with Gasteiger partial charge in [-0.15, -0.1) is 0 Å². The van der Waals surface area contributed by atoms with E-state index in [1.807, 2.05) is 20.8 Å². The van der Waals surface area contributed by atoms with E-state index in [2.05, 4.69) is 16.0 Å². The molecule has 0 fully saturated rings. The van der Waals surface area contributed by atoms with Crippen molar-refractivity contribution in [2.45, 2.75) is 51.8 Å². The first kappa shape index (κ1) is 18.2. The zero-order valence-corrected chi connectivity index (χ0v) is 12.2. The molecular weight excluding hydrogens is 266 g/mol. The molecule has 0 aliphatic heterocycles. The molecule has 0 radical (unpaired) electrons. The molecule has 0 aromatic rings. The summed E-state index contributed by atoms with van der Waals surface area (Å²) in [6.07, 6.45) is -1.14. The fraction of sp³-hybridized carbons (Fsp3) is 0.750. The van der Waals surface area contributed by atoms with Crippen LogP contribution in [0.2, 0.25) is 0 Å². The molecule has 0 aromatic heterocycles. The van der Waals surface area contributed by atoms with Crippen molar-refractivity contribution in [1.29, 1.82) is 0 Å². The van der Waals surface area contributed by atoms with Gasteiger partial charge in [0.25, 0.3) is 0 Å². The van der Waals surface area contributed by atoms with Crippen LogP contribution in [-0.4, -0.2) is 52.4 Å². The van der Waals surface area contributed by atoms with Crippen molar-refractivity contribution in [3.63, 3.8) is 0 Å². The Morgan fingerprint density at radius 1 is 1.20 bits per heavy atom. The number of nitrogens with one attached hydrogen (secondary N) is 3. The smallest absolute Gasteiger partial charge is 0.328 e. The number of hydrogen-bond donors (Lipinski definition) is 5. The molecule has 20 heavy (non-hydrogen) atoms. The largest absolute Gasteiger partial charge is 0.480 e. The number of rotatable bonds is 6. The van der Waals surface area contributed by atoms with Crippen LogP contribution in [0.25, 0.3) is 0 Å². The molecule has 0 saturated carbocycles. The SMILES string of the molecule is CC(O)C(NC(=O)NCCC(=O)NC(C)(C)C)C(=O)O.